The van der Waals surface area contributed by atoms with Crippen molar-refractivity contribution >= 4 is 23.5 Å². The second-order valence-electron chi connectivity index (χ2n) is 8.32. The van der Waals surface area contributed by atoms with Crippen LogP contribution in [0.2, 0.25) is 5.02 Å². The van der Waals surface area contributed by atoms with E-state index in [0.29, 0.717) is 53.4 Å². The first-order valence-electron chi connectivity index (χ1n) is 10.9. The largest absolute Gasteiger partial charge is 0.493 e. The summed E-state index contributed by atoms with van der Waals surface area (Å²) in [4.78, 5) is 15.3. The third-order valence-corrected chi connectivity index (χ3v) is 6.26. The first-order valence-corrected chi connectivity index (χ1v) is 11.3. The molecule has 2 heterocycles. The predicted molar refractivity (Wildman–Crippen MR) is 130 cm³/mol. The average Bonchev–Trinajstić information content (AvgIpc) is 3.17. The second-order valence-corrected chi connectivity index (χ2v) is 8.75. The first kappa shape index (κ1) is 22.3. The lowest BCUT2D eigenvalue weighted by Gasteiger charge is -2.30. The van der Waals surface area contributed by atoms with Crippen molar-refractivity contribution in [3.63, 3.8) is 0 Å². The van der Waals surface area contributed by atoms with Gasteiger partial charge in [0, 0.05) is 18.1 Å². The van der Waals surface area contributed by atoms with Gasteiger partial charge in [-0.05, 0) is 60.0 Å². The van der Waals surface area contributed by atoms with Gasteiger partial charge in [0.25, 0.3) is 0 Å². The summed E-state index contributed by atoms with van der Waals surface area (Å²) in [6, 6.07) is 15.1. The van der Waals surface area contributed by atoms with Gasteiger partial charge in [-0.1, -0.05) is 29.8 Å². The molecule has 0 unspecified atom stereocenters. The summed E-state index contributed by atoms with van der Waals surface area (Å²) in [5.74, 6) is 2.87. The van der Waals surface area contributed by atoms with Gasteiger partial charge in [0.1, 0.15) is 18.2 Å². The zero-order chi connectivity index (χ0) is 23.8. The molecule has 174 valence electrons. The van der Waals surface area contributed by atoms with Crippen LogP contribution in [-0.2, 0) is 13.1 Å². The van der Waals surface area contributed by atoms with Crippen LogP contribution in [0.5, 0.6) is 23.0 Å². The van der Waals surface area contributed by atoms with Crippen molar-refractivity contribution in [3.05, 3.63) is 87.1 Å². The molecule has 7 heteroatoms. The number of ether oxygens (including phenoxy) is 4. The Morgan fingerprint density at radius 2 is 1.82 bits per heavy atom. The number of ketones is 1. The maximum absolute atomic E-state index is 13.2. The molecule has 0 saturated heterocycles. The van der Waals surface area contributed by atoms with Crippen LogP contribution in [0.4, 0.5) is 0 Å². The maximum Gasteiger partial charge on any atom is 0.232 e. The van der Waals surface area contributed by atoms with Gasteiger partial charge < -0.3 is 18.9 Å². The molecule has 2 aliphatic heterocycles. The van der Waals surface area contributed by atoms with Crippen LogP contribution >= 0.6 is 11.6 Å². The minimum absolute atomic E-state index is 0.123. The molecular weight excluding hydrogens is 454 g/mol. The Balaban J connectivity index is 1.42. The van der Waals surface area contributed by atoms with Crippen molar-refractivity contribution < 1.29 is 23.7 Å². The lowest BCUT2D eigenvalue weighted by molar-refractivity contribution is 0.0871. The van der Waals surface area contributed by atoms with Crippen LogP contribution < -0.4 is 18.9 Å². The second kappa shape index (κ2) is 9.05. The highest BCUT2D eigenvalue weighted by atomic mass is 35.5. The topological polar surface area (TPSA) is 57.2 Å². The Labute approximate surface area is 203 Å². The van der Waals surface area contributed by atoms with Gasteiger partial charge in [-0.2, -0.15) is 0 Å². The van der Waals surface area contributed by atoms with E-state index in [1.165, 1.54) is 0 Å². The number of Topliss-reactive ketones (excluding diaryl/α,β-unsaturated/α-hetero) is 1. The number of allylic oxidation sites excluding steroid dienone is 1. The van der Waals surface area contributed by atoms with Gasteiger partial charge in [0.05, 0.1) is 25.3 Å². The summed E-state index contributed by atoms with van der Waals surface area (Å²) in [7, 11) is 3.24. The lowest BCUT2D eigenvalue weighted by Crippen LogP contribution is -2.31. The molecule has 0 amide bonds. The normalized spacial score (nSPS) is 16.0. The first-order chi connectivity index (χ1) is 16.5. The molecule has 34 heavy (non-hydrogen) atoms. The molecule has 0 fully saturated rings. The fraction of sp³-hybridized carbons (Fsp3) is 0.222. The van der Waals surface area contributed by atoms with Crippen LogP contribution in [0.3, 0.4) is 0 Å². The van der Waals surface area contributed by atoms with Gasteiger partial charge in [0.15, 0.2) is 17.3 Å². The van der Waals surface area contributed by atoms with E-state index in [1.54, 1.807) is 32.4 Å². The highest BCUT2D eigenvalue weighted by molar-refractivity contribution is 6.30. The molecule has 2 aliphatic rings. The summed E-state index contributed by atoms with van der Waals surface area (Å²) in [5, 5.41) is 0.640. The Bertz CT molecular complexity index is 1300. The number of aryl methyl sites for hydroxylation is 1. The molecule has 6 nitrogen and oxygen atoms in total. The molecule has 0 atom stereocenters. The number of hydrogen-bond acceptors (Lipinski definition) is 6. The van der Waals surface area contributed by atoms with E-state index in [-0.39, 0.29) is 5.78 Å². The van der Waals surface area contributed by atoms with E-state index in [0.717, 1.165) is 28.0 Å². The van der Waals surface area contributed by atoms with Gasteiger partial charge >= 0.3 is 0 Å². The number of rotatable bonds is 5. The van der Waals surface area contributed by atoms with Crippen molar-refractivity contribution in [2.24, 2.45) is 0 Å². The number of carbonyl (C=O) groups excluding carboxylic acids is 1. The molecule has 0 spiro atoms. The average molecular weight is 478 g/mol. The quantitative estimate of drug-likeness (QED) is 0.444. The number of hydrogen-bond donors (Lipinski definition) is 0. The minimum Gasteiger partial charge on any atom is -0.493 e. The summed E-state index contributed by atoms with van der Waals surface area (Å²) in [6.07, 6.45) is 1.75. The zero-order valence-corrected chi connectivity index (χ0v) is 19.9. The van der Waals surface area contributed by atoms with E-state index in [1.807, 2.05) is 43.3 Å². The number of methoxy groups -OCH3 is 2. The summed E-state index contributed by atoms with van der Waals surface area (Å²) < 4.78 is 23.0. The van der Waals surface area contributed by atoms with Crippen LogP contribution in [0.25, 0.3) is 6.08 Å². The number of benzene rings is 3. The number of nitrogens with zero attached hydrogens (tertiary/aromatic N) is 1. The van der Waals surface area contributed by atoms with Gasteiger partial charge in [-0.25, -0.2) is 0 Å². The Morgan fingerprint density at radius 3 is 2.56 bits per heavy atom. The van der Waals surface area contributed by atoms with Crippen LogP contribution in [0.1, 0.15) is 32.6 Å². The molecule has 3 aromatic rings. The molecule has 0 N–H and O–H groups in total. The molecular formula is C27H24ClNO5. The SMILES string of the molecule is COc1ccc(CN2COc3cc(C)c4c(c3C2)O/C(=C\c2ccc(Cl)cc2)C4=O)cc1OC. The van der Waals surface area contributed by atoms with E-state index < -0.39 is 0 Å². The van der Waals surface area contributed by atoms with E-state index in [2.05, 4.69) is 4.90 Å². The predicted octanol–water partition coefficient (Wildman–Crippen LogP) is 5.63. The summed E-state index contributed by atoms with van der Waals surface area (Å²) in [6.45, 7) is 3.57. The van der Waals surface area contributed by atoms with E-state index in [4.69, 9.17) is 30.5 Å². The number of carbonyl (C=O) groups is 1. The zero-order valence-electron chi connectivity index (χ0n) is 19.2. The Kier molecular flexibility index (Phi) is 5.94. The summed E-state index contributed by atoms with van der Waals surface area (Å²) >= 11 is 5.98. The lowest BCUT2D eigenvalue weighted by atomic mass is 9.98. The molecule has 0 saturated carbocycles. The molecule has 0 radical (unpaired) electrons. The molecule has 0 aliphatic carbocycles. The van der Waals surface area contributed by atoms with Gasteiger partial charge in [-0.15, -0.1) is 0 Å². The van der Waals surface area contributed by atoms with Crippen molar-refractivity contribution in [1.29, 1.82) is 0 Å². The maximum atomic E-state index is 13.2. The highest BCUT2D eigenvalue weighted by Crippen LogP contribution is 2.44. The van der Waals surface area contributed by atoms with Gasteiger partial charge in [-0.3, -0.25) is 9.69 Å². The molecule has 0 aromatic heterocycles. The van der Waals surface area contributed by atoms with Crippen molar-refractivity contribution in [2.45, 2.75) is 20.0 Å². The minimum atomic E-state index is -0.123. The molecule has 5 rings (SSSR count). The monoisotopic (exact) mass is 477 g/mol. The number of fused-ring (bicyclic) bond motifs is 3. The standard InChI is InChI=1S/C27H24ClNO5/c1-16-10-22-20(14-29(15-33-22)13-18-6-9-21(31-2)23(12-18)32-3)27-25(16)26(30)24(34-27)11-17-4-7-19(28)8-5-17/h4-12H,13-15H2,1-3H3/b24-11-. The molecule has 0 bridgehead atoms. The Hall–Kier alpha value is -3.48. The van der Waals surface area contributed by atoms with Gasteiger partial charge in [0.2, 0.25) is 5.78 Å². The van der Waals surface area contributed by atoms with Crippen molar-refractivity contribution in [2.75, 3.05) is 21.0 Å². The van der Waals surface area contributed by atoms with Crippen molar-refractivity contribution in [3.8, 4) is 23.0 Å². The van der Waals surface area contributed by atoms with Crippen LogP contribution in [0.15, 0.2) is 54.3 Å². The fourth-order valence-electron chi connectivity index (χ4n) is 4.32. The van der Waals surface area contributed by atoms with Crippen LogP contribution in [-0.4, -0.2) is 31.6 Å². The fourth-order valence-corrected chi connectivity index (χ4v) is 4.45. The third kappa shape index (κ3) is 4.11. The highest BCUT2D eigenvalue weighted by Gasteiger charge is 2.35. The van der Waals surface area contributed by atoms with Crippen molar-refractivity contribution in [1.82, 2.24) is 4.90 Å². The molecule has 3 aromatic carbocycles. The summed E-state index contributed by atoms with van der Waals surface area (Å²) in [5.41, 5.74) is 4.22. The number of halogens is 1. The smallest absolute Gasteiger partial charge is 0.232 e. The van der Waals surface area contributed by atoms with Crippen LogP contribution in [0, 0.1) is 6.92 Å². The third-order valence-electron chi connectivity index (χ3n) is 6.01. The van der Waals surface area contributed by atoms with E-state index >= 15 is 0 Å². The van der Waals surface area contributed by atoms with E-state index in [9.17, 15) is 4.79 Å². The Morgan fingerprint density at radius 1 is 1.06 bits per heavy atom.